The summed E-state index contributed by atoms with van der Waals surface area (Å²) in [5, 5.41) is 8.51. The highest BCUT2D eigenvalue weighted by molar-refractivity contribution is 5.76. The smallest absolute Gasteiger partial charge is 0.303 e. The fourth-order valence-corrected chi connectivity index (χ4v) is 5.41. The molecule has 0 atom stereocenters. The van der Waals surface area contributed by atoms with Crippen molar-refractivity contribution in [3.8, 4) is 0 Å². The first-order valence-corrected chi connectivity index (χ1v) is 17.8. The first-order chi connectivity index (χ1) is 19.6. The predicted molar refractivity (Wildman–Crippen MR) is 174 cm³/mol. The van der Waals surface area contributed by atoms with Gasteiger partial charge >= 0.3 is 5.97 Å². The van der Waals surface area contributed by atoms with Crippen molar-refractivity contribution in [3.05, 3.63) is 12.2 Å². The Morgan fingerprint density at radius 2 is 1.07 bits per heavy atom. The Bertz CT molecular complexity index is 574. The number of likely N-dealkylation sites (tertiary alicyclic amines) is 1. The zero-order valence-electron chi connectivity index (χ0n) is 27.1. The number of carboxylic acid groups (broad SMARTS) is 1. The minimum absolute atomic E-state index is 0.332. The van der Waals surface area contributed by atoms with Crippen molar-refractivity contribution in [2.45, 2.75) is 194 Å². The number of amides is 1. The average molecular weight is 564 g/mol. The molecule has 1 aliphatic heterocycles. The Balaban J connectivity index is 0.000000760. The van der Waals surface area contributed by atoms with Gasteiger partial charge in [-0.3, -0.25) is 9.59 Å². The second-order valence-electron chi connectivity index (χ2n) is 12.1. The van der Waals surface area contributed by atoms with Crippen molar-refractivity contribution in [2.24, 2.45) is 0 Å². The molecule has 1 rings (SSSR count). The Morgan fingerprint density at radius 3 is 1.57 bits per heavy atom. The molecule has 0 saturated carbocycles. The van der Waals surface area contributed by atoms with Crippen molar-refractivity contribution in [1.82, 2.24) is 4.90 Å². The molecule has 1 aliphatic rings. The van der Waals surface area contributed by atoms with E-state index in [9.17, 15) is 9.59 Å². The second kappa shape index (κ2) is 32.2. The van der Waals surface area contributed by atoms with Crippen molar-refractivity contribution in [1.29, 1.82) is 0 Å². The van der Waals surface area contributed by atoms with Gasteiger partial charge in [0.2, 0.25) is 5.91 Å². The van der Waals surface area contributed by atoms with Gasteiger partial charge in [-0.1, -0.05) is 142 Å². The average Bonchev–Trinajstić information content (AvgIpc) is 3.15. The maximum absolute atomic E-state index is 11.8. The van der Waals surface area contributed by atoms with E-state index in [2.05, 4.69) is 30.9 Å². The van der Waals surface area contributed by atoms with Crippen LogP contribution in [0.3, 0.4) is 0 Å². The molecule has 1 fully saturated rings. The third-order valence-electron chi connectivity index (χ3n) is 8.11. The molecule has 0 unspecified atom stereocenters. The molecular formula is C36H69NO3. The quantitative estimate of drug-likeness (QED) is 0.0841. The normalized spacial score (nSPS) is 13.8. The Kier molecular flexibility index (Phi) is 31.1. The first-order valence-electron chi connectivity index (χ1n) is 17.8. The molecule has 0 aromatic heterocycles. The first kappa shape index (κ1) is 38.7. The standard InChI is InChI=1S/C18H35NO.C18H34O2/c1-2-3-4-5-6-7-8-9-10-13-16-19-17-14-11-12-15-18(19)20;1-2-3-4-5-6-7-8-9-10-11-12-13-14-15-16-17-18(19)20/h2-17H2,1H3;9-10H,2-8,11-17H2,1H3,(H,19,20)/b;10-9-. The van der Waals surface area contributed by atoms with Crippen molar-refractivity contribution < 1.29 is 14.7 Å². The van der Waals surface area contributed by atoms with E-state index >= 15 is 0 Å². The van der Waals surface area contributed by atoms with Crippen molar-refractivity contribution >= 4 is 11.9 Å². The molecule has 236 valence electrons. The molecule has 1 saturated heterocycles. The summed E-state index contributed by atoms with van der Waals surface area (Å²) < 4.78 is 0. The van der Waals surface area contributed by atoms with E-state index in [4.69, 9.17) is 5.11 Å². The van der Waals surface area contributed by atoms with Crippen LogP contribution in [0.4, 0.5) is 0 Å². The molecule has 0 radical (unpaired) electrons. The highest BCUT2D eigenvalue weighted by Crippen LogP contribution is 2.14. The minimum atomic E-state index is -0.664. The van der Waals surface area contributed by atoms with E-state index in [1.807, 2.05) is 0 Å². The molecule has 40 heavy (non-hydrogen) atoms. The summed E-state index contributed by atoms with van der Waals surface area (Å²) in [5.74, 6) is -0.263. The largest absolute Gasteiger partial charge is 0.481 e. The van der Waals surface area contributed by atoms with Gasteiger partial charge in [0.1, 0.15) is 0 Å². The minimum Gasteiger partial charge on any atom is -0.481 e. The van der Waals surface area contributed by atoms with Gasteiger partial charge in [0.25, 0.3) is 0 Å². The topological polar surface area (TPSA) is 57.6 Å². The van der Waals surface area contributed by atoms with E-state index < -0.39 is 5.97 Å². The van der Waals surface area contributed by atoms with Gasteiger partial charge in [0.15, 0.2) is 0 Å². The number of carbonyl (C=O) groups is 2. The molecular weight excluding hydrogens is 494 g/mol. The van der Waals surface area contributed by atoms with E-state index in [1.54, 1.807) is 0 Å². The maximum Gasteiger partial charge on any atom is 0.303 e. The molecule has 1 N–H and O–H groups in total. The van der Waals surface area contributed by atoms with E-state index in [0.717, 1.165) is 38.8 Å². The zero-order valence-corrected chi connectivity index (χ0v) is 27.1. The monoisotopic (exact) mass is 564 g/mol. The van der Waals surface area contributed by atoms with Crippen LogP contribution in [-0.2, 0) is 9.59 Å². The molecule has 0 spiro atoms. The fraction of sp³-hybridized carbons (Fsp3) is 0.889. The fourth-order valence-electron chi connectivity index (χ4n) is 5.41. The van der Waals surface area contributed by atoms with Crippen LogP contribution in [0.15, 0.2) is 12.2 Å². The van der Waals surface area contributed by atoms with Crippen LogP contribution < -0.4 is 0 Å². The third kappa shape index (κ3) is 29.7. The predicted octanol–water partition coefficient (Wildman–Crippen LogP) is 11.4. The lowest BCUT2D eigenvalue weighted by Gasteiger charge is -2.20. The zero-order chi connectivity index (χ0) is 29.4. The van der Waals surface area contributed by atoms with Gasteiger partial charge in [-0.25, -0.2) is 0 Å². The van der Waals surface area contributed by atoms with Gasteiger partial charge in [0, 0.05) is 25.9 Å². The van der Waals surface area contributed by atoms with Crippen molar-refractivity contribution in [3.63, 3.8) is 0 Å². The van der Waals surface area contributed by atoms with Crippen LogP contribution in [0.25, 0.3) is 0 Å². The van der Waals surface area contributed by atoms with Gasteiger partial charge in [-0.05, 0) is 51.4 Å². The van der Waals surface area contributed by atoms with Crippen LogP contribution in [-0.4, -0.2) is 35.0 Å². The summed E-state index contributed by atoms with van der Waals surface area (Å²) in [5.41, 5.74) is 0. The van der Waals surface area contributed by atoms with Gasteiger partial charge in [0.05, 0.1) is 0 Å². The van der Waals surface area contributed by atoms with Gasteiger partial charge in [-0.15, -0.1) is 0 Å². The number of nitrogens with zero attached hydrogens (tertiary/aromatic N) is 1. The van der Waals surface area contributed by atoms with Crippen LogP contribution in [0.1, 0.15) is 194 Å². The van der Waals surface area contributed by atoms with Crippen LogP contribution in [0, 0.1) is 0 Å². The summed E-state index contributed by atoms with van der Waals surface area (Å²) in [6, 6.07) is 0. The number of hydrogen-bond donors (Lipinski definition) is 1. The Hall–Kier alpha value is -1.32. The van der Waals surface area contributed by atoms with E-state index in [0.29, 0.717) is 12.3 Å². The lowest BCUT2D eigenvalue weighted by molar-refractivity contribution is -0.137. The molecule has 0 bridgehead atoms. The van der Waals surface area contributed by atoms with Crippen LogP contribution in [0.5, 0.6) is 0 Å². The molecule has 1 amide bonds. The number of aliphatic carboxylic acids is 1. The van der Waals surface area contributed by atoms with Crippen molar-refractivity contribution in [2.75, 3.05) is 13.1 Å². The maximum atomic E-state index is 11.8. The molecule has 4 nitrogen and oxygen atoms in total. The number of carboxylic acids is 1. The number of hydrogen-bond acceptors (Lipinski definition) is 2. The summed E-state index contributed by atoms with van der Waals surface area (Å²) in [6.07, 6.45) is 39.3. The molecule has 4 heteroatoms. The number of carbonyl (C=O) groups excluding carboxylic acids is 1. The van der Waals surface area contributed by atoms with Gasteiger partial charge < -0.3 is 10.0 Å². The molecule has 0 aliphatic carbocycles. The summed E-state index contributed by atoms with van der Waals surface area (Å²) in [4.78, 5) is 24.3. The number of rotatable bonds is 26. The molecule has 0 aromatic rings. The van der Waals surface area contributed by atoms with Crippen LogP contribution >= 0.6 is 0 Å². The highest BCUT2D eigenvalue weighted by Gasteiger charge is 2.15. The Morgan fingerprint density at radius 1 is 0.625 bits per heavy atom. The number of allylic oxidation sites excluding steroid dienone is 2. The van der Waals surface area contributed by atoms with Crippen LogP contribution in [0.2, 0.25) is 0 Å². The van der Waals surface area contributed by atoms with E-state index in [-0.39, 0.29) is 0 Å². The summed E-state index contributed by atoms with van der Waals surface area (Å²) in [6.45, 7) is 6.55. The SMILES string of the molecule is CCCCCCCC/C=C\CCCCCCCC(=O)O.CCCCCCCCCCCCN1CCCCCC1=O. The summed E-state index contributed by atoms with van der Waals surface area (Å²) in [7, 11) is 0. The molecule has 0 aromatic carbocycles. The Labute approximate surface area is 250 Å². The van der Waals surface area contributed by atoms with Gasteiger partial charge in [-0.2, -0.15) is 0 Å². The summed E-state index contributed by atoms with van der Waals surface area (Å²) >= 11 is 0. The highest BCUT2D eigenvalue weighted by atomic mass is 16.4. The second-order valence-corrected chi connectivity index (χ2v) is 12.1. The lowest BCUT2D eigenvalue weighted by Crippen LogP contribution is -2.31. The number of unbranched alkanes of at least 4 members (excludes halogenated alkanes) is 20. The molecule has 1 heterocycles. The third-order valence-corrected chi connectivity index (χ3v) is 8.11. The lowest BCUT2D eigenvalue weighted by atomic mass is 10.1. The van der Waals surface area contributed by atoms with E-state index in [1.165, 1.54) is 148 Å².